The summed E-state index contributed by atoms with van der Waals surface area (Å²) in [7, 11) is -3.99. The molecule has 0 fully saturated rings. The van der Waals surface area contributed by atoms with Gasteiger partial charge < -0.3 is 5.32 Å². The molecule has 152 valence electrons. The fraction of sp³-hybridized carbons (Fsp3) is 0.0870. The maximum Gasteiger partial charge on any atom is 0.219 e. The molecule has 3 rings (SSSR count). The Hall–Kier alpha value is -2.72. The number of hydrogen-bond acceptors (Lipinski definition) is 5. The van der Waals surface area contributed by atoms with E-state index in [0.717, 1.165) is 11.1 Å². The van der Waals surface area contributed by atoms with Gasteiger partial charge in [0.15, 0.2) is 4.91 Å². The molecule has 0 aromatic heterocycles. The van der Waals surface area contributed by atoms with E-state index in [1.807, 2.05) is 37.3 Å². The lowest BCUT2D eigenvalue weighted by molar-refractivity contribution is 0.603. The van der Waals surface area contributed by atoms with Crippen LogP contribution in [0.2, 0.25) is 5.02 Å². The molecule has 30 heavy (non-hydrogen) atoms. The molecule has 0 unspecified atom stereocenters. The van der Waals surface area contributed by atoms with Gasteiger partial charge in [-0.1, -0.05) is 65.7 Å². The number of halogens is 1. The molecular formula is C23H19ClN2O2S2. The monoisotopic (exact) mass is 454 g/mol. The highest BCUT2D eigenvalue weighted by Gasteiger charge is 2.25. The summed E-state index contributed by atoms with van der Waals surface area (Å²) in [4.78, 5) is -0.256. The van der Waals surface area contributed by atoms with Gasteiger partial charge in [-0.2, -0.15) is 5.26 Å². The van der Waals surface area contributed by atoms with Crippen LogP contribution >= 0.6 is 23.4 Å². The second kappa shape index (κ2) is 9.86. The van der Waals surface area contributed by atoms with E-state index >= 15 is 0 Å². The van der Waals surface area contributed by atoms with Crippen molar-refractivity contribution in [3.63, 3.8) is 0 Å². The third kappa shape index (κ3) is 5.45. The molecule has 0 saturated heterocycles. The zero-order valence-corrected chi connectivity index (χ0v) is 18.6. The van der Waals surface area contributed by atoms with Crippen LogP contribution in [0.25, 0.3) is 0 Å². The van der Waals surface area contributed by atoms with Gasteiger partial charge in [0.05, 0.1) is 4.90 Å². The first kappa shape index (κ1) is 22.0. The molecule has 0 spiro atoms. The number of benzene rings is 3. The number of sulfone groups is 1. The van der Waals surface area contributed by atoms with Gasteiger partial charge in [0.1, 0.15) is 11.1 Å². The Morgan fingerprint density at radius 3 is 2.37 bits per heavy atom. The van der Waals surface area contributed by atoms with E-state index in [1.165, 1.54) is 23.9 Å². The molecule has 0 atom stereocenters. The molecule has 0 amide bonds. The molecular weight excluding hydrogens is 436 g/mol. The molecule has 0 heterocycles. The predicted octanol–water partition coefficient (Wildman–Crippen LogP) is 6.16. The number of rotatable bonds is 7. The summed E-state index contributed by atoms with van der Waals surface area (Å²) in [6.07, 6.45) is 0. The van der Waals surface area contributed by atoms with Gasteiger partial charge in [-0.05, 0) is 42.8 Å². The van der Waals surface area contributed by atoms with Gasteiger partial charge in [0.2, 0.25) is 9.84 Å². The zero-order valence-electron chi connectivity index (χ0n) is 16.2. The molecule has 1 N–H and O–H groups in total. The van der Waals surface area contributed by atoms with Crippen molar-refractivity contribution in [2.75, 3.05) is 5.32 Å². The number of anilines is 1. The Morgan fingerprint density at radius 1 is 1.03 bits per heavy atom. The lowest BCUT2D eigenvalue weighted by Gasteiger charge is -2.14. The average Bonchev–Trinajstić information content (AvgIpc) is 2.74. The van der Waals surface area contributed by atoms with Gasteiger partial charge in [-0.25, -0.2) is 8.42 Å². The van der Waals surface area contributed by atoms with Crippen LogP contribution in [0.1, 0.15) is 11.1 Å². The second-order valence-corrected chi connectivity index (χ2v) is 9.80. The van der Waals surface area contributed by atoms with Crippen molar-refractivity contribution in [1.82, 2.24) is 0 Å². The molecule has 7 heteroatoms. The predicted molar refractivity (Wildman–Crippen MR) is 124 cm³/mol. The van der Waals surface area contributed by atoms with E-state index in [4.69, 9.17) is 11.6 Å². The van der Waals surface area contributed by atoms with Crippen LogP contribution in [0.3, 0.4) is 0 Å². The quantitative estimate of drug-likeness (QED) is 0.433. The van der Waals surface area contributed by atoms with Gasteiger partial charge in [0.25, 0.3) is 0 Å². The highest BCUT2D eigenvalue weighted by atomic mass is 35.5. The Balaban J connectivity index is 2.03. The third-order valence-electron chi connectivity index (χ3n) is 4.22. The van der Waals surface area contributed by atoms with Crippen LogP contribution in [0, 0.1) is 18.3 Å². The van der Waals surface area contributed by atoms with Gasteiger partial charge in [-0.15, -0.1) is 11.8 Å². The lowest BCUT2D eigenvalue weighted by atomic mass is 10.2. The number of nitrogens with zero attached hydrogens (tertiary/aromatic N) is 1. The minimum absolute atomic E-state index is 0.0721. The summed E-state index contributed by atoms with van der Waals surface area (Å²) in [6.45, 7) is 2.00. The third-order valence-corrected chi connectivity index (χ3v) is 7.38. The average molecular weight is 455 g/mol. The fourth-order valence-corrected chi connectivity index (χ4v) is 5.38. The second-order valence-electron chi connectivity index (χ2n) is 6.50. The summed E-state index contributed by atoms with van der Waals surface area (Å²) >= 11 is 7.33. The van der Waals surface area contributed by atoms with Crippen molar-refractivity contribution >= 4 is 38.9 Å². The lowest BCUT2D eigenvalue weighted by Crippen LogP contribution is -2.10. The van der Waals surface area contributed by atoms with Crippen LogP contribution < -0.4 is 5.32 Å². The summed E-state index contributed by atoms with van der Waals surface area (Å²) in [5, 5.41) is 13.6. The highest BCUT2D eigenvalue weighted by Crippen LogP contribution is 2.31. The van der Waals surface area contributed by atoms with Crippen LogP contribution in [-0.2, 0) is 15.6 Å². The first-order chi connectivity index (χ1) is 14.4. The fourth-order valence-electron chi connectivity index (χ4n) is 2.65. The van der Waals surface area contributed by atoms with E-state index < -0.39 is 9.84 Å². The van der Waals surface area contributed by atoms with Gasteiger partial charge in [0, 0.05) is 16.5 Å². The van der Waals surface area contributed by atoms with Crippen molar-refractivity contribution < 1.29 is 8.42 Å². The van der Waals surface area contributed by atoms with Crippen LogP contribution in [-0.4, -0.2) is 8.42 Å². The molecule has 3 aromatic rings. The summed E-state index contributed by atoms with van der Waals surface area (Å²) in [5.74, 6) is 0.499. The Labute approximate surface area is 186 Å². The summed E-state index contributed by atoms with van der Waals surface area (Å²) in [5.41, 5.74) is 2.76. The van der Waals surface area contributed by atoms with E-state index in [9.17, 15) is 13.7 Å². The maximum atomic E-state index is 13.2. The molecule has 4 nitrogen and oxygen atoms in total. The first-order valence-corrected chi connectivity index (χ1v) is 11.9. The minimum atomic E-state index is -3.99. The molecule has 0 aliphatic rings. The number of thioether (sulfide) groups is 1. The molecule has 0 bridgehead atoms. The van der Waals surface area contributed by atoms with Gasteiger partial charge >= 0.3 is 0 Å². The van der Waals surface area contributed by atoms with Crippen molar-refractivity contribution in [3.8, 4) is 6.07 Å². The highest BCUT2D eigenvalue weighted by molar-refractivity contribution is 8.04. The largest absolute Gasteiger partial charge is 0.348 e. The van der Waals surface area contributed by atoms with Crippen LogP contribution in [0.4, 0.5) is 5.69 Å². The van der Waals surface area contributed by atoms with E-state index in [1.54, 1.807) is 42.5 Å². The van der Waals surface area contributed by atoms with Gasteiger partial charge in [-0.3, -0.25) is 0 Å². The normalized spacial score (nSPS) is 12.0. The number of nitriles is 1. The van der Waals surface area contributed by atoms with Crippen molar-refractivity contribution in [2.24, 2.45) is 0 Å². The minimum Gasteiger partial charge on any atom is -0.348 e. The summed E-state index contributed by atoms with van der Waals surface area (Å²) in [6, 6.07) is 24.7. The Kier molecular flexibility index (Phi) is 7.22. The molecule has 3 aromatic carbocycles. The topological polar surface area (TPSA) is 70.0 Å². The molecule has 0 aliphatic carbocycles. The smallest absolute Gasteiger partial charge is 0.219 e. The SMILES string of the molecule is Cc1ccc(CSC(Nc2cccc(Cl)c2)=C(C#N)S(=O)(=O)c2ccccc2)cc1. The summed E-state index contributed by atoms with van der Waals surface area (Å²) < 4.78 is 26.3. The van der Waals surface area contributed by atoms with Crippen molar-refractivity contribution in [2.45, 2.75) is 17.6 Å². The van der Waals surface area contributed by atoms with Crippen molar-refractivity contribution in [3.05, 3.63) is 105 Å². The zero-order chi connectivity index (χ0) is 21.6. The molecule has 0 saturated carbocycles. The molecule has 0 aliphatic heterocycles. The number of nitrogens with one attached hydrogen (secondary N) is 1. The van der Waals surface area contributed by atoms with Crippen LogP contribution in [0.15, 0.2) is 93.7 Å². The Morgan fingerprint density at radius 2 is 1.73 bits per heavy atom. The number of aryl methyl sites for hydroxylation is 1. The molecule has 0 radical (unpaired) electrons. The van der Waals surface area contributed by atoms with Crippen molar-refractivity contribution in [1.29, 1.82) is 5.26 Å². The van der Waals surface area contributed by atoms with Crippen LogP contribution in [0.5, 0.6) is 0 Å². The number of hydrogen-bond donors (Lipinski definition) is 1. The maximum absolute atomic E-state index is 13.2. The standard InChI is InChI=1S/C23H19ClN2O2S2/c1-17-10-12-18(13-11-17)16-29-23(26-20-7-5-6-19(24)14-20)22(15-25)30(27,28)21-8-3-2-4-9-21/h2-14,26H,16H2,1H3. The first-order valence-electron chi connectivity index (χ1n) is 9.05. The van der Waals surface area contributed by atoms with E-state index in [0.29, 0.717) is 16.5 Å². The van der Waals surface area contributed by atoms with E-state index in [2.05, 4.69) is 5.32 Å². The van der Waals surface area contributed by atoms with E-state index in [-0.39, 0.29) is 14.8 Å². The Bertz CT molecular complexity index is 1200. The number of allylic oxidation sites excluding steroid dienone is 1.